The lowest BCUT2D eigenvalue weighted by Crippen LogP contribution is -2.07. The van der Waals surface area contributed by atoms with E-state index >= 15 is 0 Å². The van der Waals surface area contributed by atoms with Gasteiger partial charge in [-0.25, -0.2) is 9.37 Å². The first-order valence-electron chi connectivity index (χ1n) is 13.9. The van der Waals surface area contributed by atoms with Crippen molar-refractivity contribution in [2.24, 2.45) is 0 Å². The molecule has 1 N–H and O–H groups in total. The van der Waals surface area contributed by atoms with Crippen LogP contribution in [0.1, 0.15) is 37.9 Å². The second kappa shape index (κ2) is 15.2. The van der Waals surface area contributed by atoms with E-state index in [0.29, 0.717) is 24.5 Å². The molecule has 6 nitrogen and oxygen atoms in total. The molecule has 1 aromatic heterocycles. The Morgan fingerprint density at radius 3 is 2.49 bits per heavy atom. The molecule has 0 radical (unpaired) electrons. The third-order valence-corrected chi connectivity index (χ3v) is 7.61. The minimum Gasteiger partial charge on any atom is -0.491 e. The molecule has 0 bridgehead atoms. The molecule has 0 unspecified atom stereocenters. The number of unbranched alkanes of at least 4 members (excludes halogenated alkanes) is 1. The van der Waals surface area contributed by atoms with E-state index in [1.54, 1.807) is 23.9 Å². The largest absolute Gasteiger partial charge is 0.491 e. The first-order valence-corrected chi connectivity index (χ1v) is 14.7. The summed E-state index contributed by atoms with van der Waals surface area (Å²) >= 11 is 1.64. The molecule has 0 spiro atoms. The number of halogens is 1. The van der Waals surface area contributed by atoms with Crippen molar-refractivity contribution in [3.8, 4) is 16.9 Å². The van der Waals surface area contributed by atoms with Gasteiger partial charge in [0.05, 0.1) is 18.6 Å². The van der Waals surface area contributed by atoms with E-state index in [0.717, 1.165) is 58.5 Å². The summed E-state index contributed by atoms with van der Waals surface area (Å²) < 4.78 is 27.9. The van der Waals surface area contributed by atoms with Crippen molar-refractivity contribution < 1.29 is 18.7 Å². The number of hydrogen-bond donors (Lipinski definition) is 1. The van der Waals surface area contributed by atoms with Gasteiger partial charge in [0, 0.05) is 35.4 Å². The van der Waals surface area contributed by atoms with Crippen LogP contribution >= 0.6 is 11.8 Å². The molecular weight excluding hydrogens is 537 g/mol. The molecule has 41 heavy (non-hydrogen) atoms. The Hall–Kier alpha value is -3.88. The highest BCUT2D eigenvalue weighted by atomic mass is 32.2. The van der Waals surface area contributed by atoms with Crippen LogP contribution in [0, 0.1) is 12.7 Å². The number of nitrogens with zero attached hydrogens (tertiary/aromatic N) is 2. The number of hydrogen-bond acceptors (Lipinski definition) is 5. The fourth-order valence-corrected chi connectivity index (χ4v) is 5.05. The van der Waals surface area contributed by atoms with E-state index < -0.39 is 5.82 Å². The van der Waals surface area contributed by atoms with E-state index in [2.05, 4.69) is 28.7 Å². The molecule has 3 aromatic carbocycles. The van der Waals surface area contributed by atoms with Gasteiger partial charge in [-0.1, -0.05) is 43.3 Å². The van der Waals surface area contributed by atoms with Gasteiger partial charge in [0.25, 0.3) is 0 Å². The van der Waals surface area contributed by atoms with Gasteiger partial charge in [-0.3, -0.25) is 4.79 Å². The Bertz CT molecular complexity index is 1450. The molecule has 0 aliphatic heterocycles. The summed E-state index contributed by atoms with van der Waals surface area (Å²) in [6.07, 6.45) is 6.83. The second-order valence-corrected chi connectivity index (χ2v) is 10.5. The quantitative estimate of drug-likeness (QED) is 0.122. The fraction of sp³-hybridized carbons (Fsp3) is 0.273. The van der Waals surface area contributed by atoms with Crippen molar-refractivity contribution in [2.45, 2.75) is 50.1 Å². The summed E-state index contributed by atoms with van der Waals surface area (Å²) in [4.78, 5) is 18.0. The predicted molar refractivity (Wildman–Crippen MR) is 164 cm³/mol. The molecule has 0 atom stereocenters. The Labute approximate surface area is 245 Å². The highest BCUT2D eigenvalue weighted by molar-refractivity contribution is 7.99. The van der Waals surface area contributed by atoms with Crippen molar-refractivity contribution in [1.29, 1.82) is 0 Å². The molecule has 0 aliphatic carbocycles. The monoisotopic (exact) mass is 573 g/mol. The van der Waals surface area contributed by atoms with Crippen LogP contribution in [0.2, 0.25) is 0 Å². The van der Waals surface area contributed by atoms with Gasteiger partial charge in [0.2, 0.25) is 5.91 Å². The fourth-order valence-electron chi connectivity index (χ4n) is 4.06. The maximum Gasteiger partial charge on any atom is 0.248 e. The molecule has 0 fully saturated rings. The lowest BCUT2D eigenvalue weighted by Gasteiger charge is -2.09. The summed E-state index contributed by atoms with van der Waals surface area (Å²) in [6.45, 7) is 8.86. The first-order chi connectivity index (χ1) is 20.0. The first kappa shape index (κ1) is 30.1. The van der Waals surface area contributed by atoms with Gasteiger partial charge in [-0.15, -0.1) is 0 Å². The van der Waals surface area contributed by atoms with E-state index in [1.807, 2.05) is 61.8 Å². The second-order valence-electron chi connectivity index (χ2n) is 9.45. The molecule has 214 valence electrons. The number of aromatic nitrogens is 2. The van der Waals surface area contributed by atoms with E-state index in [-0.39, 0.29) is 5.91 Å². The summed E-state index contributed by atoms with van der Waals surface area (Å²) in [6, 6.07) is 20.1. The maximum absolute atomic E-state index is 14.5. The smallest absolute Gasteiger partial charge is 0.248 e. The van der Waals surface area contributed by atoms with Gasteiger partial charge < -0.3 is 19.4 Å². The number of carbonyl (C=O) groups is 1. The number of benzene rings is 3. The predicted octanol–water partition coefficient (Wildman–Crippen LogP) is 8.02. The van der Waals surface area contributed by atoms with Gasteiger partial charge in [-0.2, -0.15) is 0 Å². The Morgan fingerprint density at radius 1 is 1.00 bits per heavy atom. The van der Waals surface area contributed by atoms with E-state index in [4.69, 9.17) is 9.47 Å². The van der Waals surface area contributed by atoms with Gasteiger partial charge in [-0.05, 0) is 86.0 Å². The number of imidazole rings is 1. The molecule has 1 amide bonds. The van der Waals surface area contributed by atoms with Gasteiger partial charge >= 0.3 is 0 Å². The van der Waals surface area contributed by atoms with Gasteiger partial charge in [0.1, 0.15) is 23.2 Å². The number of nitrogens with one attached hydrogen (secondary N) is 1. The van der Waals surface area contributed by atoms with Crippen LogP contribution in [0.5, 0.6) is 5.75 Å². The van der Waals surface area contributed by atoms with Crippen molar-refractivity contribution in [3.63, 3.8) is 0 Å². The highest BCUT2D eigenvalue weighted by Crippen LogP contribution is 2.31. The molecule has 0 aliphatic rings. The average Bonchev–Trinajstić information content (AvgIpc) is 3.34. The Morgan fingerprint density at radius 2 is 1.76 bits per heavy atom. The lowest BCUT2D eigenvalue weighted by molar-refractivity contribution is -0.111. The molecule has 8 heteroatoms. The summed E-state index contributed by atoms with van der Waals surface area (Å²) in [5, 5.41) is 3.94. The standard InChI is InChI=1S/C33H36FN3O3S/c1-4-6-19-39-20-21-40-29-13-7-25(8-14-29)26-9-17-31(34)27(22-26)10-18-32(38)36-28-11-15-30(16-12-28)41-33-24(3)35-23-37(33)5-2/h7-18,22-23H,4-6,19-21H2,1-3H3,(H,36,38)/b18-10+. The van der Waals surface area contributed by atoms with Crippen molar-refractivity contribution in [3.05, 3.63) is 96.2 Å². The molecule has 1 heterocycles. The van der Waals surface area contributed by atoms with Crippen molar-refractivity contribution in [1.82, 2.24) is 9.55 Å². The molecule has 0 saturated heterocycles. The van der Waals surface area contributed by atoms with Gasteiger partial charge in [0.15, 0.2) is 0 Å². The highest BCUT2D eigenvalue weighted by Gasteiger charge is 2.09. The van der Waals surface area contributed by atoms with Crippen LogP contribution in [0.15, 0.2) is 89.1 Å². The summed E-state index contributed by atoms with van der Waals surface area (Å²) in [5.74, 6) is 0.0140. The number of carbonyl (C=O) groups excluding carboxylic acids is 1. The Balaban J connectivity index is 1.32. The molecular formula is C33H36FN3O3S. The normalized spacial score (nSPS) is 11.2. The minimum atomic E-state index is -0.399. The maximum atomic E-state index is 14.5. The molecule has 0 saturated carbocycles. The van der Waals surface area contributed by atoms with Crippen LogP contribution < -0.4 is 10.1 Å². The molecule has 4 aromatic rings. The summed E-state index contributed by atoms with van der Waals surface area (Å²) in [5.41, 5.74) is 3.74. The number of ether oxygens (including phenoxy) is 2. The number of amides is 1. The topological polar surface area (TPSA) is 65.4 Å². The van der Waals surface area contributed by atoms with Crippen LogP contribution in [-0.2, 0) is 16.1 Å². The summed E-state index contributed by atoms with van der Waals surface area (Å²) in [7, 11) is 0. The van der Waals surface area contributed by atoms with Crippen LogP contribution in [0.3, 0.4) is 0 Å². The lowest BCUT2D eigenvalue weighted by atomic mass is 10.0. The van der Waals surface area contributed by atoms with Crippen LogP contribution in [0.25, 0.3) is 17.2 Å². The third kappa shape index (κ3) is 8.80. The SMILES string of the molecule is CCCCOCCOc1ccc(-c2ccc(F)c(/C=C/C(=O)Nc3ccc(Sc4c(C)ncn4CC)cc3)c2)cc1. The van der Waals surface area contributed by atoms with E-state index in [1.165, 1.54) is 18.2 Å². The van der Waals surface area contributed by atoms with E-state index in [9.17, 15) is 9.18 Å². The third-order valence-electron chi connectivity index (χ3n) is 6.37. The number of rotatable bonds is 14. The van der Waals surface area contributed by atoms with Crippen molar-refractivity contribution >= 4 is 29.4 Å². The number of aryl methyl sites for hydroxylation is 2. The van der Waals surface area contributed by atoms with Crippen molar-refractivity contribution in [2.75, 3.05) is 25.1 Å². The number of anilines is 1. The zero-order valence-electron chi connectivity index (χ0n) is 23.7. The van der Waals surface area contributed by atoms with Crippen LogP contribution in [0.4, 0.5) is 10.1 Å². The average molecular weight is 574 g/mol. The zero-order valence-corrected chi connectivity index (χ0v) is 24.5. The zero-order chi connectivity index (χ0) is 29.0. The van der Waals surface area contributed by atoms with Crippen LogP contribution in [-0.4, -0.2) is 35.3 Å². The molecule has 4 rings (SSSR count). The minimum absolute atomic E-state index is 0.330. The Kier molecular flexibility index (Phi) is 11.2.